The van der Waals surface area contributed by atoms with E-state index in [2.05, 4.69) is 149 Å². The van der Waals surface area contributed by atoms with E-state index in [1.165, 1.54) is 21.9 Å². The Morgan fingerprint density at radius 2 is 1.10 bits per heavy atom. The van der Waals surface area contributed by atoms with Crippen LogP contribution in [0, 0.1) is 0 Å². The number of fused-ring (bicyclic) bond motifs is 6. The molecule has 1 unspecified atom stereocenters. The molecule has 5 heteroatoms. The quantitative estimate of drug-likeness (QED) is 0.208. The Bertz CT molecular complexity index is 2780. The number of para-hydroxylation sites is 2. The molecule has 236 valence electrons. The van der Waals surface area contributed by atoms with E-state index in [0.29, 0.717) is 5.84 Å². The van der Waals surface area contributed by atoms with E-state index < -0.39 is 6.17 Å². The predicted molar refractivity (Wildman–Crippen MR) is 206 cm³/mol. The molecule has 5 nitrogen and oxygen atoms in total. The van der Waals surface area contributed by atoms with Crippen molar-refractivity contribution >= 4 is 55.5 Å². The van der Waals surface area contributed by atoms with Gasteiger partial charge in [0.2, 0.25) is 5.96 Å². The van der Waals surface area contributed by atoms with E-state index in [-0.39, 0.29) is 0 Å². The third kappa shape index (κ3) is 4.48. The zero-order chi connectivity index (χ0) is 33.0. The highest BCUT2D eigenvalue weighted by molar-refractivity contribution is 6.21. The van der Waals surface area contributed by atoms with Gasteiger partial charge in [-0.2, -0.15) is 4.99 Å². The lowest BCUT2D eigenvalue weighted by molar-refractivity contribution is 0.657. The third-order valence-electron chi connectivity index (χ3n) is 9.69. The summed E-state index contributed by atoms with van der Waals surface area (Å²) in [5, 5.41) is 8.26. The van der Waals surface area contributed by atoms with Gasteiger partial charge in [0.05, 0.1) is 11.0 Å². The molecule has 9 aromatic rings. The van der Waals surface area contributed by atoms with Crippen molar-refractivity contribution in [2.75, 3.05) is 0 Å². The smallest absolute Gasteiger partial charge is 0.211 e. The molecule has 50 heavy (non-hydrogen) atoms. The largest absolute Gasteiger partial charge is 0.455 e. The Labute approximate surface area is 288 Å². The summed E-state index contributed by atoms with van der Waals surface area (Å²) >= 11 is 0. The van der Waals surface area contributed by atoms with Crippen molar-refractivity contribution in [1.29, 1.82) is 0 Å². The van der Waals surface area contributed by atoms with Gasteiger partial charge in [-0.3, -0.25) is 4.57 Å². The molecular formula is C45H30N4O. The average molecular weight is 643 g/mol. The molecule has 2 aromatic heterocycles. The zero-order valence-corrected chi connectivity index (χ0v) is 27.0. The van der Waals surface area contributed by atoms with E-state index in [9.17, 15) is 0 Å². The van der Waals surface area contributed by atoms with Crippen LogP contribution in [0.1, 0.15) is 17.3 Å². The van der Waals surface area contributed by atoms with Crippen LogP contribution in [0.3, 0.4) is 0 Å². The number of furan rings is 1. The fourth-order valence-electron chi connectivity index (χ4n) is 7.48. The van der Waals surface area contributed by atoms with Crippen molar-refractivity contribution in [3.05, 3.63) is 181 Å². The van der Waals surface area contributed by atoms with Crippen LogP contribution in [-0.4, -0.2) is 16.4 Å². The van der Waals surface area contributed by atoms with Crippen LogP contribution in [0.5, 0.6) is 0 Å². The minimum atomic E-state index is -0.434. The number of benzene rings is 7. The fourth-order valence-corrected chi connectivity index (χ4v) is 7.48. The first kappa shape index (κ1) is 28.3. The van der Waals surface area contributed by atoms with Gasteiger partial charge < -0.3 is 9.73 Å². The van der Waals surface area contributed by atoms with Gasteiger partial charge >= 0.3 is 0 Å². The molecule has 3 heterocycles. The number of aliphatic imine (C=N–C) groups is 2. The topological polar surface area (TPSA) is 54.8 Å². The van der Waals surface area contributed by atoms with Gasteiger partial charge in [0.1, 0.15) is 17.3 Å². The second kappa shape index (κ2) is 11.5. The Kier molecular flexibility index (Phi) is 6.49. The number of hydrogen-bond donors (Lipinski definition) is 1. The monoisotopic (exact) mass is 642 g/mol. The zero-order valence-electron chi connectivity index (χ0n) is 27.0. The van der Waals surface area contributed by atoms with E-state index >= 15 is 0 Å². The minimum absolute atomic E-state index is 0.434. The molecule has 1 aliphatic heterocycles. The highest BCUT2D eigenvalue weighted by Gasteiger charge is 2.27. The molecule has 0 fully saturated rings. The van der Waals surface area contributed by atoms with Crippen molar-refractivity contribution in [1.82, 2.24) is 9.88 Å². The fraction of sp³-hybridized carbons (Fsp3) is 0.0222. The normalized spacial score (nSPS) is 14.6. The lowest BCUT2D eigenvalue weighted by atomic mass is 9.99. The van der Waals surface area contributed by atoms with Crippen molar-refractivity contribution in [3.63, 3.8) is 0 Å². The van der Waals surface area contributed by atoms with E-state index in [1.54, 1.807) is 0 Å². The van der Waals surface area contributed by atoms with Crippen molar-refractivity contribution in [2.24, 2.45) is 9.98 Å². The van der Waals surface area contributed by atoms with Crippen LogP contribution in [0.4, 0.5) is 0 Å². The SMILES string of the molecule is c1ccc(C2=NC(c3cccc4oc5c(-c6ccccc6)cccc5c34)NC(n3c4ccccc4c4c(-c5ccccc5)cccc43)=N2)cc1. The molecule has 0 radical (unpaired) electrons. The Morgan fingerprint density at radius 1 is 0.500 bits per heavy atom. The molecule has 0 amide bonds. The van der Waals surface area contributed by atoms with Crippen LogP contribution in [0.15, 0.2) is 184 Å². The maximum Gasteiger partial charge on any atom is 0.211 e. The van der Waals surface area contributed by atoms with Gasteiger partial charge in [0.25, 0.3) is 0 Å². The summed E-state index contributed by atoms with van der Waals surface area (Å²) in [5.41, 5.74) is 10.4. The van der Waals surface area contributed by atoms with Gasteiger partial charge in [-0.05, 0) is 34.9 Å². The Hall–Kier alpha value is -6.72. The van der Waals surface area contributed by atoms with Gasteiger partial charge in [0.15, 0.2) is 5.84 Å². The summed E-state index contributed by atoms with van der Waals surface area (Å²) in [4.78, 5) is 10.5. The molecule has 1 N–H and O–H groups in total. The van der Waals surface area contributed by atoms with Gasteiger partial charge in [0, 0.05) is 38.2 Å². The molecule has 0 bridgehead atoms. The molecule has 1 atom stereocenters. The van der Waals surface area contributed by atoms with E-state index in [0.717, 1.165) is 61.2 Å². The average Bonchev–Trinajstić information content (AvgIpc) is 3.75. The lowest BCUT2D eigenvalue weighted by Gasteiger charge is -2.25. The molecule has 0 saturated heterocycles. The summed E-state index contributed by atoms with van der Waals surface area (Å²) in [6, 6.07) is 59.0. The van der Waals surface area contributed by atoms with Crippen LogP contribution in [0.25, 0.3) is 66.0 Å². The first-order valence-electron chi connectivity index (χ1n) is 16.9. The van der Waals surface area contributed by atoms with Gasteiger partial charge in [-0.15, -0.1) is 0 Å². The number of amidine groups is 1. The van der Waals surface area contributed by atoms with Crippen LogP contribution in [0.2, 0.25) is 0 Å². The molecular weight excluding hydrogens is 613 g/mol. The minimum Gasteiger partial charge on any atom is -0.455 e. The Morgan fingerprint density at radius 3 is 1.88 bits per heavy atom. The number of hydrogen-bond acceptors (Lipinski definition) is 4. The molecule has 1 aliphatic rings. The highest BCUT2D eigenvalue weighted by atomic mass is 16.3. The first-order valence-corrected chi connectivity index (χ1v) is 16.9. The standard InChI is InChI=1S/C45H30N4O/c1-4-15-29(16-5-1)32-22-13-27-38-40(32)34-21-10-11-26-37(34)49(38)45-47-43(31-19-8-3-9-20-31)46-44(48-45)36-25-14-28-39-41(36)35-24-12-23-33(42(35)50-39)30-17-6-2-7-18-30/h1-28,44H,(H,46,47,48). The summed E-state index contributed by atoms with van der Waals surface area (Å²) in [6.45, 7) is 0. The van der Waals surface area contributed by atoms with Crippen molar-refractivity contribution in [3.8, 4) is 22.3 Å². The third-order valence-corrected chi connectivity index (χ3v) is 9.69. The summed E-state index contributed by atoms with van der Waals surface area (Å²) in [7, 11) is 0. The van der Waals surface area contributed by atoms with Gasteiger partial charge in [-0.25, -0.2) is 4.99 Å². The predicted octanol–water partition coefficient (Wildman–Crippen LogP) is 11.0. The number of rotatable bonds is 4. The maximum absolute atomic E-state index is 6.64. The van der Waals surface area contributed by atoms with Crippen LogP contribution >= 0.6 is 0 Å². The number of nitrogens with zero attached hydrogens (tertiary/aromatic N) is 3. The van der Waals surface area contributed by atoms with E-state index in [4.69, 9.17) is 14.4 Å². The summed E-state index contributed by atoms with van der Waals surface area (Å²) < 4.78 is 8.89. The number of nitrogens with one attached hydrogen (secondary N) is 1. The van der Waals surface area contributed by atoms with Crippen molar-refractivity contribution < 1.29 is 4.42 Å². The molecule has 0 saturated carbocycles. The summed E-state index contributed by atoms with van der Waals surface area (Å²) in [5.74, 6) is 1.39. The molecule has 0 spiro atoms. The Balaban J connectivity index is 1.20. The molecule has 10 rings (SSSR count). The first-order chi connectivity index (χ1) is 24.8. The number of aromatic nitrogens is 1. The van der Waals surface area contributed by atoms with Crippen molar-refractivity contribution in [2.45, 2.75) is 6.17 Å². The van der Waals surface area contributed by atoms with E-state index in [1.807, 2.05) is 30.3 Å². The van der Waals surface area contributed by atoms with Crippen LogP contribution < -0.4 is 5.32 Å². The summed E-state index contributed by atoms with van der Waals surface area (Å²) in [6.07, 6.45) is -0.434. The van der Waals surface area contributed by atoms with Gasteiger partial charge in [-0.1, -0.05) is 152 Å². The lowest BCUT2D eigenvalue weighted by Crippen LogP contribution is -2.37. The molecule has 7 aromatic carbocycles. The highest BCUT2D eigenvalue weighted by Crippen LogP contribution is 2.41. The van der Waals surface area contributed by atoms with Crippen LogP contribution in [-0.2, 0) is 0 Å². The molecule has 0 aliphatic carbocycles. The second-order valence-electron chi connectivity index (χ2n) is 12.6. The maximum atomic E-state index is 6.64. The second-order valence-corrected chi connectivity index (χ2v) is 12.6.